The molecule has 32 heavy (non-hydrogen) atoms. The summed E-state index contributed by atoms with van der Waals surface area (Å²) in [5, 5.41) is 7.34. The van der Waals surface area contributed by atoms with Crippen LogP contribution in [0, 0.1) is 5.82 Å². The summed E-state index contributed by atoms with van der Waals surface area (Å²) >= 11 is 0. The van der Waals surface area contributed by atoms with Crippen molar-refractivity contribution in [1.82, 2.24) is 10.2 Å². The number of halogens is 1. The maximum atomic E-state index is 14.2. The summed E-state index contributed by atoms with van der Waals surface area (Å²) in [7, 11) is 1.41. The number of rotatable bonds is 3. The van der Waals surface area contributed by atoms with Gasteiger partial charge in [-0.25, -0.2) is 4.39 Å². The number of nitrogens with one attached hydrogen (secondary N) is 2. The quantitative estimate of drug-likeness (QED) is 0.764. The molecule has 7 heteroatoms. The fourth-order valence-corrected chi connectivity index (χ4v) is 5.07. The molecule has 1 amide bonds. The third-order valence-corrected chi connectivity index (χ3v) is 6.93. The Bertz CT molecular complexity index is 1050. The number of hydrogen-bond acceptors (Lipinski definition) is 4. The molecule has 1 spiro atoms. The first-order valence-corrected chi connectivity index (χ1v) is 11.4. The van der Waals surface area contributed by atoms with E-state index in [4.69, 9.17) is 9.73 Å². The minimum Gasteiger partial charge on any atom is -0.494 e. The molecule has 1 aliphatic carbocycles. The van der Waals surface area contributed by atoms with E-state index in [1.54, 1.807) is 11.0 Å². The van der Waals surface area contributed by atoms with Crippen LogP contribution in [0.5, 0.6) is 5.75 Å². The van der Waals surface area contributed by atoms with Crippen molar-refractivity contribution in [3.63, 3.8) is 0 Å². The smallest absolute Gasteiger partial charge is 0.254 e. The largest absolute Gasteiger partial charge is 0.494 e. The summed E-state index contributed by atoms with van der Waals surface area (Å²) in [6, 6.07) is 13.0. The summed E-state index contributed by atoms with van der Waals surface area (Å²) in [6.07, 6.45) is 5.40. The van der Waals surface area contributed by atoms with Gasteiger partial charge in [-0.1, -0.05) is 31.0 Å². The molecule has 2 aliphatic heterocycles. The second-order valence-electron chi connectivity index (χ2n) is 8.96. The molecule has 2 aromatic carbocycles. The average molecular weight is 437 g/mol. The van der Waals surface area contributed by atoms with Crippen molar-refractivity contribution >= 4 is 17.4 Å². The fraction of sp³-hybridized carbons (Fsp3) is 0.440. The van der Waals surface area contributed by atoms with Gasteiger partial charge < -0.3 is 15.0 Å². The van der Waals surface area contributed by atoms with Crippen molar-refractivity contribution in [2.75, 3.05) is 25.5 Å². The lowest BCUT2D eigenvalue weighted by Crippen LogP contribution is -2.55. The molecule has 2 fully saturated rings. The topological polar surface area (TPSA) is 66.0 Å². The standard InChI is InChI=1S/C25H29FN4O2/c1-32-22-11-10-17(14-20(22)26)23(31)30-13-12-25(16-30)24(28-19-7-3-4-8-19)29-21-9-5-2-6-18(21)15-27-25/h2,5-6,9-11,14,19,27H,3-4,7-8,12-13,15-16H2,1H3,(H,28,29). The van der Waals surface area contributed by atoms with Crippen LogP contribution in [0.2, 0.25) is 0 Å². The average Bonchev–Trinajstić information content (AvgIpc) is 3.45. The molecule has 0 aromatic heterocycles. The fourth-order valence-electron chi connectivity index (χ4n) is 5.07. The molecule has 6 nitrogen and oxygen atoms in total. The third-order valence-electron chi connectivity index (χ3n) is 6.93. The summed E-state index contributed by atoms with van der Waals surface area (Å²) in [6.45, 7) is 1.78. The van der Waals surface area contributed by atoms with Crippen LogP contribution >= 0.6 is 0 Å². The van der Waals surface area contributed by atoms with E-state index in [0.717, 1.165) is 30.8 Å². The van der Waals surface area contributed by atoms with Gasteiger partial charge in [0.2, 0.25) is 0 Å². The van der Waals surface area contributed by atoms with Crippen molar-refractivity contribution < 1.29 is 13.9 Å². The molecule has 5 rings (SSSR count). The Hall–Kier alpha value is -2.93. The van der Waals surface area contributed by atoms with Crippen LogP contribution in [-0.4, -0.2) is 48.4 Å². The summed E-state index contributed by atoms with van der Waals surface area (Å²) < 4.78 is 19.2. The highest BCUT2D eigenvalue weighted by Crippen LogP contribution is 2.32. The van der Waals surface area contributed by atoms with Gasteiger partial charge in [-0.15, -0.1) is 0 Å². The van der Waals surface area contributed by atoms with Gasteiger partial charge in [0.25, 0.3) is 5.91 Å². The number of amidine groups is 1. The van der Waals surface area contributed by atoms with Crippen molar-refractivity contribution in [3.05, 3.63) is 59.4 Å². The molecule has 1 saturated carbocycles. The zero-order valence-corrected chi connectivity index (χ0v) is 18.4. The lowest BCUT2D eigenvalue weighted by Gasteiger charge is -2.31. The van der Waals surface area contributed by atoms with E-state index in [1.165, 1.54) is 37.6 Å². The molecule has 0 radical (unpaired) electrons. The highest BCUT2D eigenvalue weighted by Gasteiger charge is 2.46. The van der Waals surface area contributed by atoms with Gasteiger partial charge in [-0.2, -0.15) is 0 Å². The van der Waals surface area contributed by atoms with E-state index in [1.807, 2.05) is 12.1 Å². The number of nitrogens with zero attached hydrogens (tertiary/aromatic N) is 2. The van der Waals surface area contributed by atoms with E-state index >= 15 is 0 Å². The monoisotopic (exact) mass is 436 g/mol. The summed E-state index contributed by atoms with van der Waals surface area (Å²) in [4.78, 5) is 20.2. The first kappa shape index (κ1) is 20.9. The highest BCUT2D eigenvalue weighted by atomic mass is 19.1. The SMILES string of the molecule is COc1ccc(C(=O)N2CCC3(C2)NCc2ccccc2NC3=NC2CCCC2)cc1F. The second-order valence-corrected chi connectivity index (χ2v) is 8.96. The van der Waals surface area contributed by atoms with Crippen molar-refractivity contribution in [3.8, 4) is 5.75 Å². The predicted octanol–water partition coefficient (Wildman–Crippen LogP) is 3.98. The van der Waals surface area contributed by atoms with Gasteiger partial charge in [0.05, 0.1) is 18.7 Å². The number of para-hydroxylation sites is 1. The summed E-state index contributed by atoms with van der Waals surface area (Å²) in [5.74, 6) is 0.357. The number of hydrogen-bond donors (Lipinski definition) is 2. The van der Waals surface area contributed by atoms with E-state index in [-0.39, 0.29) is 11.7 Å². The number of aliphatic imine (C=N–C) groups is 1. The summed E-state index contributed by atoms with van der Waals surface area (Å²) in [5.41, 5.74) is 2.14. The lowest BCUT2D eigenvalue weighted by atomic mass is 9.96. The van der Waals surface area contributed by atoms with Crippen LogP contribution in [0.4, 0.5) is 10.1 Å². The van der Waals surface area contributed by atoms with Crippen LogP contribution in [0.25, 0.3) is 0 Å². The van der Waals surface area contributed by atoms with Gasteiger partial charge in [0, 0.05) is 30.9 Å². The van der Waals surface area contributed by atoms with E-state index in [9.17, 15) is 9.18 Å². The first-order valence-electron chi connectivity index (χ1n) is 11.4. The molecule has 2 N–H and O–H groups in total. The normalized spacial score (nSPS) is 24.4. The van der Waals surface area contributed by atoms with Gasteiger partial charge in [0.1, 0.15) is 5.84 Å². The Balaban J connectivity index is 1.43. The molecular formula is C25H29FN4O2. The number of methoxy groups -OCH3 is 1. The van der Waals surface area contributed by atoms with E-state index in [0.29, 0.717) is 31.2 Å². The van der Waals surface area contributed by atoms with Gasteiger partial charge in [-0.3, -0.25) is 15.1 Å². The van der Waals surface area contributed by atoms with Gasteiger partial charge in [0.15, 0.2) is 11.6 Å². The van der Waals surface area contributed by atoms with Crippen LogP contribution in [0.1, 0.15) is 48.0 Å². The molecule has 2 aromatic rings. The van der Waals surface area contributed by atoms with E-state index < -0.39 is 11.4 Å². The molecular weight excluding hydrogens is 407 g/mol. The molecule has 3 aliphatic rings. The minimum absolute atomic E-state index is 0.137. The minimum atomic E-state index is -0.527. The molecule has 168 valence electrons. The number of benzene rings is 2. The zero-order chi connectivity index (χ0) is 22.1. The number of ether oxygens (including phenoxy) is 1. The number of likely N-dealkylation sites (tertiary alicyclic amines) is 1. The maximum Gasteiger partial charge on any atom is 0.254 e. The van der Waals surface area contributed by atoms with Gasteiger partial charge >= 0.3 is 0 Å². The molecule has 1 saturated heterocycles. The number of fused-ring (bicyclic) bond motifs is 1. The van der Waals surface area contributed by atoms with Gasteiger partial charge in [-0.05, 0) is 49.1 Å². The Morgan fingerprint density at radius 1 is 1.22 bits per heavy atom. The van der Waals surface area contributed by atoms with Crippen LogP contribution in [0.15, 0.2) is 47.5 Å². The van der Waals surface area contributed by atoms with Crippen LogP contribution < -0.4 is 15.4 Å². The number of anilines is 1. The molecule has 0 bridgehead atoms. The Kier molecular flexibility index (Phi) is 5.59. The number of carbonyl (C=O) groups excluding carboxylic acids is 1. The van der Waals surface area contributed by atoms with E-state index in [2.05, 4.69) is 22.8 Å². The molecule has 1 atom stereocenters. The number of amides is 1. The van der Waals surface area contributed by atoms with Crippen LogP contribution in [-0.2, 0) is 6.54 Å². The number of carbonyl (C=O) groups is 1. The Morgan fingerprint density at radius 2 is 2.03 bits per heavy atom. The highest BCUT2D eigenvalue weighted by molar-refractivity contribution is 6.05. The lowest BCUT2D eigenvalue weighted by molar-refractivity contribution is 0.0785. The maximum absolute atomic E-state index is 14.2. The Morgan fingerprint density at radius 3 is 2.81 bits per heavy atom. The zero-order valence-electron chi connectivity index (χ0n) is 18.4. The predicted molar refractivity (Wildman–Crippen MR) is 123 cm³/mol. The second kappa shape index (κ2) is 8.54. The Labute approximate surface area is 187 Å². The first-order chi connectivity index (χ1) is 15.6. The third kappa shape index (κ3) is 3.86. The van der Waals surface area contributed by atoms with Crippen molar-refractivity contribution in [2.45, 2.75) is 50.2 Å². The molecule has 2 heterocycles. The molecule has 1 unspecified atom stereocenters. The van der Waals surface area contributed by atoms with Crippen LogP contribution in [0.3, 0.4) is 0 Å². The van der Waals surface area contributed by atoms with Crippen molar-refractivity contribution in [2.24, 2.45) is 4.99 Å². The van der Waals surface area contributed by atoms with Crippen molar-refractivity contribution in [1.29, 1.82) is 0 Å².